The van der Waals surface area contributed by atoms with E-state index in [1.54, 1.807) is 18.6 Å². The van der Waals surface area contributed by atoms with Gasteiger partial charge >= 0.3 is 0 Å². The maximum Gasteiger partial charge on any atom is 0.230 e. The van der Waals surface area contributed by atoms with Crippen LogP contribution in [0.1, 0.15) is 5.69 Å². The van der Waals surface area contributed by atoms with Gasteiger partial charge in [-0.1, -0.05) is 0 Å². The second-order valence-electron chi connectivity index (χ2n) is 6.08. The van der Waals surface area contributed by atoms with Crippen molar-refractivity contribution in [1.29, 1.82) is 0 Å². The maximum atomic E-state index is 12.5. The van der Waals surface area contributed by atoms with E-state index in [9.17, 15) is 4.79 Å². The van der Waals surface area contributed by atoms with Crippen molar-refractivity contribution in [2.75, 3.05) is 36.5 Å². The normalized spacial score (nSPS) is 14.1. The standard InChI is InChI=1S/C19H19N5O2S/c25-17(11-15-13-27-19(22-15)14-3-1-5-20-12-14)23-16-4-2-6-21-18(16)24-7-9-26-10-8-24/h1-6,12-13H,7-11H2,(H,23,25). The van der Waals surface area contributed by atoms with E-state index in [2.05, 4.69) is 25.2 Å². The van der Waals surface area contributed by atoms with Gasteiger partial charge in [0.15, 0.2) is 5.82 Å². The van der Waals surface area contributed by atoms with Crippen molar-refractivity contribution >= 4 is 28.7 Å². The first-order chi connectivity index (χ1) is 13.3. The number of carbonyl (C=O) groups excluding carboxylic acids is 1. The summed E-state index contributed by atoms with van der Waals surface area (Å²) in [6.07, 6.45) is 5.45. The number of anilines is 2. The number of hydrogen-bond donors (Lipinski definition) is 1. The Labute approximate surface area is 161 Å². The smallest absolute Gasteiger partial charge is 0.230 e. The number of nitrogens with zero attached hydrogens (tertiary/aromatic N) is 4. The van der Waals surface area contributed by atoms with Crippen molar-refractivity contribution in [3.63, 3.8) is 0 Å². The minimum atomic E-state index is -0.111. The highest BCUT2D eigenvalue weighted by molar-refractivity contribution is 7.13. The van der Waals surface area contributed by atoms with Gasteiger partial charge < -0.3 is 15.0 Å². The minimum Gasteiger partial charge on any atom is -0.378 e. The Bertz CT molecular complexity index is 909. The summed E-state index contributed by atoms with van der Waals surface area (Å²) in [5.74, 6) is 0.670. The highest BCUT2D eigenvalue weighted by Gasteiger charge is 2.17. The molecule has 0 saturated carbocycles. The van der Waals surface area contributed by atoms with Crippen LogP contribution < -0.4 is 10.2 Å². The quantitative estimate of drug-likeness (QED) is 0.732. The fourth-order valence-corrected chi connectivity index (χ4v) is 3.70. The van der Waals surface area contributed by atoms with Crippen LogP contribution in [-0.2, 0) is 16.0 Å². The zero-order valence-corrected chi connectivity index (χ0v) is 15.5. The molecular weight excluding hydrogens is 362 g/mol. The lowest BCUT2D eigenvalue weighted by molar-refractivity contribution is -0.115. The van der Waals surface area contributed by atoms with Crippen LogP contribution in [0.25, 0.3) is 10.6 Å². The highest BCUT2D eigenvalue weighted by atomic mass is 32.1. The molecule has 7 nitrogen and oxygen atoms in total. The van der Waals surface area contributed by atoms with Crippen LogP contribution in [-0.4, -0.2) is 47.2 Å². The number of amides is 1. The summed E-state index contributed by atoms with van der Waals surface area (Å²) in [7, 11) is 0. The van der Waals surface area contributed by atoms with Gasteiger partial charge in [-0.25, -0.2) is 9.97 Å². The molecule has 3 aromatic rings. The Balaban J connectivity index is 1.44. The number of pyridine rings is 2. The number of morpholine rings is 1. The zero-order chi connectivity index (χ0) is 18.5. The summed E-state index contributed by atoms with van der Waals surface area (Å²) < 4.78 is 5.39. The Hall–Kier alpha value is -2.84. The molecule has 1 N–H and O–H groups in total. The number of carbonyl (C=O) groups is 1. The first-order valence-electron chi connectivity index (χ1n) is 8.72. The summed E-state index contributed by atoms with van der Waals surface area (Å²) in [5, 5.41) is 5.75. The number of aromatic nitrogens is 3. The van der Waals surface area contributed by atoms with Gasteiger partial charge in [-0.2, -0.15) is 0 Å². The fraction of sp³-hybridized carbons (Fsp3) is 0.263. The molecule has 1 amide bonds. The number of nitrogens with one attached hydrogen (secondary N) is 1. The molecule has 1 aliphatic rings. The molecule has 0 aliphatic carbocycles. The first-order valence-corrected chi connectivity index (χ1v) is 9.60. The van der Waals surface area contributed by atoms with E-state index >= 15 is 0 Å². The third-order valence-corrected chi connectivity index (χ3v) is 5.11. The molecule has 1 fully saturated rings. The molecule has 1 aliphatic heterocycles. The molecule has 0 bridgehead atoms. The molecule has 1 saturated heterocycles. The number of rotatable bonds is 5. The number of thiazole rings is 1. The molecule has 3 aromatic heterocycles. The molecule has 4 rings (SSSR count). The van der Waals surface area contributed by atoms with E-state index in [0.29, 0.717) is 18.9 Å². The lowest BCUT2D eigenvalue weighted by Gasteiger charge is -2.29. The Kier molecular flexibility index (Phi) is 5.36. The topological polar surface area (TPSA) is 80.2 Å². The predicted molar refractivity (Wildman–Crippen MR) is 105 cm³/mol. The minimum absolute atomic E-state index is 0.111. The molecule has 0 unspecified atom stereocenters. The summed E-state index contributed by atoms with van der Waals surface area (Å²) in [6.45, 7) is 2.86. The average Bonchev–Trinajstić information content (AvgIpc) is 3.18. The number of hydrogen-bond acceptors (Lipinski definition) is 7. The molecule has 0 aromatic carbocycles. The third kappa shape index (κ3) is 4.29. The van der Waals surface area contributed by atoms with Crippen molar-refractivity contribution in [2.45, 2.75) is 6.42 Å². The average molecular weight is 381 g/mol. The second-order valence-corrected chi connectivity index (χ2v) is 6.94. The largest absolute Gasteiger partial charge is 0.378 e. The van der Waals surface area contributed by atoms with Crippen molar-refractivity contribution < 1.29 is 9.53 Å². The second kappa shape index (κ2) is 8.24. The molecule has 8 heteroatoms. The lowest BCUT2D eigenvalue weighted by atomic mass is 10.2. The van der Waals surface area contributed by atoms with Crippen LogP contribution >= 0.6 is 11.3 Å². The molecule has 138 valence electrons. The van der Waals surface area contributed by atoms with Crippen LogP contribution in [0.5, 0.6) is 0 Å². The van der Waals surface area contributed by atoms with Gasteiger partial charge in [0.05, 0.1) is 31.0 Å². The van der Waals surface area contributed by atoms with Crippen LogP contribution in [0.3, 0.4) is 0 Å². The fourth-order valence-electron chi connectivity index (χ4n) is 2.89. The van der Waals surface area contributed by atoms with Gasteiger partial charge in [0.25, 0.3) is 0 Å². The van der Waals surface area contributed by atoms with Crippen LogP contribution in [0, 0.1) is 0 Å². The van der Waals surface area contributed by atoms with Crippen molar-refractivity contribution in [3.8, 4) is 10.6 Å². The molecular formula is C19H19N5O2S. The summed E-state index contributed by atoms with van der Waals surface area (Å²) in [6, 6.07) is 7.53. The van der Waals surface area contributed by atoms with E-state index in [0.717, 1.165) is 35.2 Å². The van der Waals surface area contributed by atoms with E-state index in [1.165, 1.54) is 11.3 Å². The SMILES string of the molecule is O=C(Cc1csc(-c2cccnc2)n1)Nc1cccnc1N1CCOCC1. The van der Waals surface area contributed by atoms with E-state index in [1.807, 2.05) is 29.6 Å². The molecule has 0 atom stereocenters. The van der Waals surface area contributed by atoms with Crippen molar-refractivity contribution in [2.24, 2.45) is 0 Å². The highest BCUT2D eigenvalue weighted by Crippen LogP contribution is 2.25. The molecule has 0 spiro atoms. The maximum absolute atomic E-state index is 12.5. The molecule has 27 heavy (non-hydrogen) atoms. The van der Waals surface area contributed by atoms with Crippen LogP contribution in [0.2, 0.25) is 0 Å². The first kappa shape index (κ1) is 17.6. The monoisotopic (exact) mass is 381 g/mol. The summed E-state index contributed by atoms with van der Waals surface area (Å²) in [5.41, 5.74) is 2.41. The summed E-state index contributed by atoms with van der Waals surface area (Å²) in [4.78, 5) is 27.8. The van der Waals surface area contributed by atoms with Crippen molar-refractivity contribution in [3.05, 3.63) is 53.9 Å². The Morgan fingerprint density at radius 1 is 1.22 bits per heavy atom. The van der Waals surface area contributed by atoms with Crippen molar-refractivity contribution in [1.82, 2.24) is 15.0 Å². The summed E-state index contributed by atoms with van der Waals surface area (Å²) >= 11 is 1.51. The van der Waals surface area contributed by atoms with E-state index in [-0.39, 0.29) is 12.3 Å². The van der Waals surface area contributed by atoms with Gasteiger partial charge in [0.1, 0.15) is 5.01 Å². The lowest BCUT2D eigenvalue weighted by Crippen LogP contribution is -2.37. The zero-order valence-electron chi connectivity index (χ0n) is 14.7. The van der Waals surface area contributed by atoms with Gasteiger partial charge in [-0.3, -0.25) is 9.78 Å². The Morgan fingerprint density at radius 2 is 2.07 bits per heavy atom. The van der Waals surface area contributed by atoms with Gasteiger partial charge in [0.2, 0.25) is 5.91 Å². The number of ether oxygens (including phenoxy) is 1. The van der Waals surface area contributed by atoms with E-state index in [4.69, 9.17) is 4.74 Å². The van der Waals surface area contributed by atoms with Gasteiger partial charge in [-0.15, -0.1) is 11.3 Å². The molecule has 0 radical (unpaired) electrons. The predicted octanol–water partition coefficient (Wildman–Crippen LogP) is 2.62. The van der Waals surface area contributed by atoms with Gasteiger partial charge in [-0.05, 0) is 24.3 Å². The van der Waals surface area contributed by atoms with Gasteiger partial charge in [0, 0.05) is 42.6 Å². The van der Waals surface area contributed by atoms with Crippen LogP contribution in [0.15, 0.2) is 48.2 Å². The third-order valence-electron chi connectivity index (χ3n) is 4.17. The Morgan fingerprint density at radius 3 is 2.89 bits per heavy atom. The van der Waals surface area contributed by atoms with Crippen LogP contribution in [0.4, 0.5) is 11.5 Å². The molecule has 4 heterocycles. The van der Waals surface area contributed by atoms with E-state index < -0.39 is 0 Å².